The predicted octanol–water partition coefficient (Wildman–Crippen LogP) is 7.95. The van der Waals surface area contributed by atoms with Crippen LogP contribution >= 0.6 is 58.3 Å². The van der Waals surface area contributed by atoms with Crippen LogP contribution in [0.15, 0.2) is 78.0 Å². The van der Waals surface area contributed by atoms with Crippen molar-refractivity contribution in [2.75, 3.05) is 0 Å². The number of benzene rings is 3. The van der Waals surface area contributed by atoms with Gasteiger partial charge in [0.05, 0.1) is 5.75 Å². The number of thioether (sulfide) groups is 2. The van der Waals surface area contributed by atoms with Gasteiger partial charge in [-0.2, -0.15) is 0 Å². The predicted molar refractivity (Wildman–Crippen MR) is 134 cm³/mol. The quantitative estimate of drug-likeness (QED) is 0.227. The van der Waals surface area contributed by atoms with Gasteiger partial charge in [-0.05, 0) is 47.5 Å². The summed E-state index contributed by atoms with van der Waals surface area (Å²) in [4.78, 5) is 0. The average Bonchev–Trinajstić information content (AvgIpc) is 3.19. The molecule has 0 atom stereocenters. The van der Waals surface area contributed by atoms with Gasteiger partial charge < -0.3 is 0 Å². The number of hydrogen-bond acceptors (Lipinski definition) is 4. The van der Waals surface area contributed by atoms with Crippen LogP contribution in [0.5, 0.6) is 0 Å². The first kappa shape index (κ1) is 22.6. The summed E-state index contributed by atoms with van der Waals surface area (Å²) in [7, 11) is 0. The van der Waals surface area contributed by atoms with E-state index in [0.29, 0.717) is 21.6 Å². The van der Waals surface area contributed by atoms with Crippen LogP contribution in [0.3, 0.4) is 0 Å². The zero-order valence-corrected chi connectivity index (χ0v) is 20.2. The number of rotatable bonds is 8. The summed E-state index contributed by atoms with van der Waals surface area (Å²) in [5.41, 5.74) is 3.16. The Bertz CT molecular complexity index is 1130. The molecular weight excluding hydrogens is 489 g/mol. The van der Waals surface area contributed by atoms with E-state index in [4.69, 9.17) is 34.8 Å². The highest BCUT2D eigenvalue weighted by atomic mass is 35.5. The van der Waals surface area contributed by atoms with E-state index in [2.05, 4.69) is 26.9 Å². The third kappa shape index (κ3) is 5.79. The lowest BCUT2D eigenvalue weighted by atomic mass is 10.2. The van der Waals surface area contributed by atoms with Crippen molar-refractivity contribution in [3.05, 3.63) is 105 Å². The molecule has 0 saturated carbocycles. The van der Waals surface area contributed by atoms with Gasteiger partial charge in [-0.3, -0.25) is 4.57 Å². The van der Waals surface area contributed by atoms with Crippen molar-refractivity contribution in [3.8, 4) is 5.69 Å². The van der Waals surface area contributed by atoms with Gasteiger partial charge in [0.2, 0.25) is 0 Å². The van der Waals surface area contributed by atoms with Gasteiger partial charge >= 0.3 is 0 Å². The molecule has 0 N–H and O–H groups in total. The van der Waals surface area contributed by atoms with Crippen LogP contribution in [0.4, 0.5) is 0 Å². The second kappa shape index (κ2) is 10.8. The van der Waals surface area contributed by atoms with E-state index in [1.54, 1.807) is 23.5 Å². The molecule has 3 aromatic carbocycles. The molecule has 0 amide bonds. The summed E-state index contributed by atoms with van der Waals surface area (Å²) in [6.07, 6.45) is 0. The van der Waals surface area contributed by atoms with Crippen LogP contribution in [0.25, 0.3) is 5.69 Å². The molecule has 158 valence electrons. The average molecular weight is 507 g/mol. The van der Waals surface area contributed by atoms with Crippen LogP contribution in [-0.2, 0) is 17.3 Å². The Morgan fingerprint density at radius 3 is 2.13 bits per heavy atom. The molecule has 0 aliphatic carbocycles. The summed E-state index contributed by atoms with van der Waals surface area (Å²) >= 11 is 22.0. The molecular formula is C23H18Cl3N3S2. The van der Waals surface area contributed by atoms with Gasteiger partial charge in [0.25, 0.3) is 0 Å². The van der Waals surface area contributed by atoms with Crippen LogP contribution in [0.1, 0.15) is 17.0 Å². The monoisotopic (exact) mass is 505 g/mol. The number of hydrogen-bond donors (Lipinski definition) is 0. The smallest absolute Gasteiger partial charge is 0.196 e. The second-order valence-electron chi connectivity index (χ2n) is 6.68. The third-order valence-corrected chi connectivity index (χ3v) is 7.45. The molecule has 0 radical (unpaired) electrons. The Labute approximate surface area is 205 Å². The molecule has 1 aromatic heterocycles. The van der Waals surface area contributed by atoms with Crippen molar-refractivity contribution in [3.63, 3.8) is 0 Å². The van der Waals surface area contributed by atoms with Crippen molar-refractivity contribution < 1.29 is 0 Å². The van der Waals surface area contributed by atoms with Crippen molar-refractivity contribution in [1.82, 2.24) is 14.8 Å². The fourth-order valence-corrected chi connectivity index (χ4v) is 5.70. The standard InChI is InChI=1S/C23H18Cl3N3S2/c24-17-11-9-16(10-12-17)13-31-23-28-27-22(29(23)18-5-2-1-3-6-18)15-30-14-19-20(25)7-4-8-21(19)26/h1-12H,13-15H2. The first-order valence-corrected chi connectivity index (χ1v) is 12.8. The van der Waals surface area contributed by atoms with Crippen LogP contribution in [0, 0.1) is 0 Å². The fourth-order valence-electron chi connectivity index (χ4n) is 2.97. The van der Waals surface area contributed by atoms with Crippen molar-refractivity contribution in [2.45, 2.75) is 22.4 Å². The lowest BCUT2D eigenvalue weighted by Crippen LogP contribution is -2.02. The Balaban J connectivity index is 1.52. The molecule has 4 aromatic rings. The molecule has 3 nitrogen and oxygen atoms in total. The van der Waals surface area contributed by atoms with Gasteiger partial charge in [0.15, 0.2) is 5.16 Å². The molecule has 0 fully saturated rings. The van der Waals surface area contributed by atoms with E-state index in [9.17, 15) is 0 Å². The number of para-hydroxylation sites is 1. The van der Waals surface area contributed by atoms with Gasteiger partial charge in [-0.25, -0.2) is 0 Å². The Kier molecular flexibility index (Phi) is 7.86. The summed E-state index contributed by atoms with van der Waals surface area (Å²) in [6.45, 7) is 0. The fraction of sp³-hybridized carbons (Fsp3) is 0.130. The minimum Gasteiger partial charge on any atom is -0.273 e. The summed E-state index contributed by atoms with van der Waals surface area (Å²) in [5.74, 6) is 3.06. The highest BCUT2D eigenvalue weighted by Crippen LogP contribution is 2.31. The zero-order valence-electron chi connectivity index (χ0n) is 16.3. The molecule has 8 heteroatoms. The van der Waals surface area contributed by atoms with E-state index in [1.165, 1.54) is 5.56 Å². The molecule has 4 rings (SSSR count). The lowest BCUT2D eigenvalue weighted by molar-refractivity contribution is 0.864. The van der Waals surface area contributed by atoms with Crippen molar-refractivity contribution in [2.24, 2.45) is 0 Å². The highest BCUT2D eigenvalue weighted by molar-refractivity contribution is 7.98. The Morgan fingerprint density at radius 2 is 1.42 bits per heavy atom. The van der Waals surface area contributed by atoms with E-state index >= 15 is 0 Å². The maximum atomic E-state index is 6.31. The van der Waals surface area contributed by atoms with E-state index < -0.39 is 0 Å². The molecule has 1 heterocycles. The maximum Gasteiger partial charge on any atom is 0.196 e. The van der Waals surface area contributed by atoms with Gasteiger partial charge in [0, 0.05) is 32.3 Å². The zero-order chi connectivity index (χ0) is 21.6. The molecule has 0 unspecified atom stereocenters. The van der Waals surface area contributed by atoms with Crippen LogP contribution < -0.4 is 0 Å². The number of halogens is 3. The molecule has 0 spiro atoms. The van der Waals surface area contributed by atoms with Crippen molar-refractivity contribution in [1.29, 1.82) is 0 Å². The Hall–Kier alpha value is -1.63. The third-order valence-electron chi connectivity index (χ3n) is 4.54. The van der Waals surface area contributed by atoms with E-state index in [0.717, 1.165) is 33.0 Å². The van der Waals surface area contributed by atoms with Gasteiger partial charge in [0.1, 0.15) is 5.82 Å². The highest BCUT2D eigenvalue weighted by Gasteiger charge is 2.15. The maximum absolute atomic E-state index is 6.31. The minimum atomic E-state index is 0.684. The largest absolute Gasteiger partial charge is 0.273 e. The normalized spacial score (nSPS) is 11.1. The number of nitrogens with zero attached hydrogens (tertiary/aromatic N) is 3. The second-order valence-corrected chi connectivity index (χ2v) is 9.86. The minimum absolute atomic E-state index is 0.684. The van der Waals surface area contributed by atoms with E-state index in [-0.39, 0.29) is 0 Å². The summed E-state index contributed by atoms with van der Waals surface area (Å²) in [6, 6.07) is 23.6. The van der Waals surface area contributed by atoms with Crippen LogP contribution in [-0.4, -0.2) is 14.8 Å². The summed E-state index contributed by atoms with van der Waals surface area (Å²) < 4.78 is 2.11. The molecule has 0 bridgehead atoms. The van der Waals surface area contributed by atoms with Gasteiger partial charge in [-0.15, -0.1) is 22.0 Å². The summed E-state index contributed by atoms with van der Waals surface area (Å²) in [5, 5.41) is 11.9. The van der Waals surface area contributed by atoms with Gasteiger partial charge in [-0.1, -0.05) is 83.0 Å². The molecule has 31 heavy (non-hydrogen) atoms. The number of aromatic nitrogens is 3. The van der Waals surface area contributed by atoms with E-state index in [1.807, 2.05) is 60.7 Å². The lowest BCUT2D eigenvalue weighted by Gasteiger charge is -2.11. The van der Waals surface area contributed by atoms with Crippen LogP contribution in [0.2, 0.25) is 15.1 Å². The molecule has 0 aliphatic heterocycles. The molecule has 0 saturated heterocycles. The first-order valence-electron chi connectivity index (χ1n) is 9.49. The Morgan fingerprint density at radius 1 is 0.710 bits per heavy atom. The van der Waals surface area contributed by atoms with Crippen molar-refractivity contribution >= 4 is 58.3 Å². The molecule has 0 aliphatic rings. The first-order chi connectivity index (χ1) is 15.1. The topological polar surface area (TPSA) is 30.7 Å². The SMILES string of the molecule is Clc1ccc(CSc2nnc(CSCc3c(Cl)cccc3Cl)n2-c2ccccc2)cc1.